The predicted molar refractivity (Wildman–Crippen MR) is 130 cm³/mol. The monoisotopic (exact) mass is 460 g/mol. The Morgan fingerprint density at radius 1 is 0.970 bits per heavy atom. The number of halogens is 1. The molecule has 0 aliphatic carbocycles. The van der Waals surface area contributed by atoms with E-state index in [0.29, 0.717) is 33.5 Å². The summed E-state index contributed by atoms with van der Waals surface area (Å²) in [5.41, 5.74) is 3.02. The van der Waals surface area contributed by atoms with Crippen molar-refractivity contribution in [3.05, 3.63) is 106 Å². The number of carbonyl (C=O) groups is 1. The van der Waals surface area contributed by atoms with Crippen molar-refractivity contribution < 1.29 is 14.3 Å². The third-order valence-electron chi connectivity index (χ3n) is 5.14. The van der Waals surface area contributed by atoms with Crippen molar-refractivity contribution in [2.75, 3.05) is 14.2 Å². The van der Waals surface area contributed by atoms with Gasteiger partial charge < -0.3 is 14.5 Å². The molecular formula is C26H21ClN2O4. The van der Waals surface area contributed by atoms with Crippen molar-refractivity contribution >= 4 is 23.5 Å². The van der Waals surface area contributed by atoms with E-state index >= 15 is 0 Å². The van der Waals surface area contributed by atoms with Crippen molar-refractivity contribution in [1.29, 1.82) is 0 Å². The number of nitrogens with zero attached hydrogens (tertiary/aromatic N) is 1. The van der Waals surface area contributed by atoms with Gasteiger partial charge in [-0.1, -0.05) is 48.0 Å². The zero-order chi connectivity index (χ0) is 23.4. The maximum atomic E-state index is 12.8. The van der Waals surface area contributed by atoms with E-state index in [1.54, 1.807) is 75.0 Å². The molecule has 7 heteroatoms. The van der Waals surface area contributed by atoms with Crippen LogP contribution in [0.5, 0.6) is 11.5 Å². The molecule has 0 radical (unpaired) electrons. The first-order valence-electron chi connectivity index (χ1n) is 10.1. The molecule has 1 heterocycles. The van der Waals surface area contributed by atoms with E-state index in [1.807, 2.05) is 18.2 Å². The third-order valence-corrected chi connectivity index (χ3v) is 5.39. The molecule has 0 amide bonds. The Morgan fingerprint density at radius 2 is 1.73 bits per heavy atom. The van der Waals surface area contributed by atoms with Gasteiger partial charge in [0.2, 0.25) is 0 Å². The van der Waals surface area contributed by atoms with Crippen LogP contribution in [0.3, 0.4) is 0 Å². The summed E-state index contributed by atoms with van der Waals surface area (Å²) in [5.74, 6) is 1.00. The molecule has 1 N–H and O–H groups in total. The van der Waals surface area contributed by atoms with E-state index in [0.717, 1.165) is 11.1 Å². The number of rotatable bonds is 7. The zero-order valence-electron chi connectivity index (χ0n) is 18.0. The maximum absolute atomic E-state index is 12.8. The van der Waals surface area contributed by atoms with E-state index in [2.05, 4.69) is 4.98 Å². The van der Waals surface area contributed by atoms with Gasteiger partial charge >= 0.3 is 5.69 Å². The molecule has 0 unspecified atom stereocenters. The Kier molecular flexibility index (Phi) is 6.47. The number of methoxy groups -OCH3 is 2. The molecule has 1 aromatic heterocycles. The van der Waals surface area contributed by atoms with Gasteiger partial charge in [0, 0.05) is 22.3 Å². The summed E-state index contributed by atoms with van der Waals surface area (Å²) in [6.07, 6.45) is 4.83. The van der Waals surface area contributed by atoms with Gasteiger partial charge in [-0.3, -0.25) is 9.36 Å². The van der Waals surface area contributed by atoms with Crippen LogP contribution in [-0.2, 0) is 0 Å². The summed E-state index contributed by atoms with van der Waals surface area (Å²) in [6, 6.07) is 19.5. The quantitative estimate of drug-likeness (QED) is 0.296. The first kappa shape index (κ1) is 22.2. The van der Waals surface area contributed by atoms with E-state index in [4.69, 9.17) is 21.1 Å². The smallest absolute Gasteiger partial charge is 0.330 e. The average molecular weight is 461 g/mol. The van der Waals surface area contributed by atoms with Crippen LogP contribution in [0.1, 0.15) is 15.9 Å². The van der Waals surface area contributed by atoms with E-state index < -0.39 is 0 Å². The molecule has 0 aliphatic rings. The minimum atomic E-state index is -0.301. The summed E-state index contributed by atoms with van der Waals surface area (Å²) in [6.45, 7) is 0. The molecule has 4 aromatic rings. The second kappa shape index (κ2) is 9.63. The lowest BCUT2D eigenvalue weighted by Crippen LogP contribution is -2.16. The first-order valence-corrected chi connectivity index (χ1v) is 10.5. The van der Waals surface area contributed by atoms with Gasteiger partial charge in [-0.05, 0) is 48.0 Å². The van der Waals surface area contributed by atoms with Crippen LogP contribution >= 0.6 is 11.6 Å². The van der Waals surface area contributed by atoms with Crippen LogP contribution in [0.2, 0.25) is 5.02 Å². The molecule has 0 fully saturated rings. The van der Waals surface area contributed by atoms with Gasteiger partial charge in [0.15, 0.2) is 17.3 Å². The van der Waals surface area contributed by atoms with Crippen molar-refractivity contribution in [1.82, 2.24) is 9.55 Å². The number of ketones is 1. The number of hydrogen-bond donors (Lipinski definition) is 1. The SMILES string of the molecule is COc1ccc(C=CC(=O)c2cccc(-n3c(-c4ccc(Cl)cc4)c[nH]c3=O)c2)cc1OC. The van der Waals surface area contributed by atoms with E-state index in [-0.39, 0.29) is 11.5 Å². The number of hydrogen-bond acceptors (Lipinski definition) is 4. The molecule has 0 bridgehead atoms. The Morgan fingerprint density at radius 3 is 2.45 bits per heavy atom. The highest BCUT2D eigenvalue weighted by atomic mass is 35.5. The molecule has 0 aliphatic heterocycles. The number of allylic oxidation sites excluding steroid dienone is 1. The lowest BCUT2D eigenvalue weighted by Gasteiger charge is -2.09. The Bertz CT molecular complexity index is 1380. The highest BCUT2D eigenvalue weighted by Gasteiger charge is 2.12. The second-order valence-corrected chi connectivity index (χ2v) is 7.62. The van der Waals surface area contributed by atoms with Crippen LogP contribution in [0.25, 0.3) is 23.0 Å². The number of benzene rings is 3. The molecule has 0 atom stereocenters. The van der Waals surface area contributed by atoms with Gasteiger partial charge in [0.1, 0.15) is 0 Å². The summed E-state index contributed by atoms with van der Waals surface area (Å²) in [5, 5.41) is 0.608. The molecule has 0 saturated carbocycles. The van der Waals surface area contributed by atoms with E-state index in [1.165, 1.54) is 10.6 Å². The average Bonchev–Trinajstić information content (AvgIpc) is 3.24. The van der Waals surface area contributed by atoms with Crippen LogP contribution in [0, 0.1) is 0 Å². The molecule has 6 nitrogen and oxygen atoms in total. The molecule has 3 aromatic carbocycles. The lowest BCUT2D eigenvalue weighted by molar-refractivity contribution is 0.104. The summed E-state index contributed by atoms with van der Waals surface area (Å²) >= 11 is 5.99. The predicted octanol–water partition coefficient (Wildman–Crippen LogP) is 5.40. The fraction of sp³-hybridized carbons (Fsp3) is 0.0769. The van der Waals surface area contributed by atoms with Gasteiger partial charge in [-0.25, -0.2) is 4.79 Å². The largest absolute Gasteiger partial charge is 0.493 e. The number of aromatic nitrogens is 2. The number of carbonyl (C=O) groups excluding carboxylic acids is 1. The van der Waals surface area contributed by atoms with Gasteiger partial charge in [0.05, 0.1) is 25.6 Å². The number of nitrogens with one attached hydrogen (secondary N) is 1. The van der Waals surface area contributed by atoms with Gasteiger partial charge in [-0.2, -0.15) is 0 Å². The molecule has 4 rings (SSSR count). The number of ether oxygens (including phenoxy) is 2. The van der Waals surface area contributed by atoms with Gasteiger partial charge in [-0.15, -0.1) is 0 Å². The molecule has 0 saturated heterocycles. The minimum absolute atomic E-state index is 0.191. The molecular weight excluding hydrogens is 440 g/mol. The van der Waals surface area contributed by atoms with Crippen LogP contribution in [-0.4, -0.2) is 29.6 Å². The number of imidazole rings is 1. The highest BCUT2D eigenvalue weighted by Crippen LogP contribution is 2.28. The Hall–Kier alpha value is -4.03. The topological polar surface area (TPSA) is 73.3 Å². The van der Waals surface area contributed by atoms with Crippen LogP contribution < -0.4 is 15.2 Å². The summed E-state index contributed by atoms with van der Waals surface area (Å²) < 4.78 is 12.1. The first-order chi connectivity index (χ1) is 16.0. The van der Waals surface area contributed by atoms with Crippen molar-refractivity contribution in [3.8, 4) is 28.4 Å². The fourth-order valence-electron chi connectivity index (χ4n) is 3.48. The Balaban J connectivity index is 1.64. The normalized spacial score (nSPS) is 11.0. The molecule has 166 valence electrons. The Labute approximate surface area is 195 Å². The minimum Gasteiger partial charge on any atom is -0.493 e. The van der Waals surface area contributed by atoms with Gasteiger partial charge in [0.25, 0.3) is 0 Å². The molecule has 0 spiro atoms. The van der Waals surface area contributed by atoms with Crippen molar-refractivity contribution in [3.63, 3.8) is 0 Å². The molecule has 33 heavy (non-hydrogen) atoms. The van der Waals surface area contributed by atoms with E-state index in [9.17, 15) is 9.59 Å². The number of aromatic amines is 1. The van der Waals surface area contributed by atoms with Crippen LogP contribution in [0.4, 0.5) is 0 Å². The van der Waals surface area contributed by atoms with Crippen molar-refractivity contribution in [2.45, 2.75) is 0 Å². The summed E-state index contributed by atoms with van der Waals surface area (Å²) in [4.78, 5) is 28.1. The lowest BCUT2D eigenvalue weighted by atomic mass is 10.1. The maximum Gasteiger partial charge on any atom is 0.330 e. The van der Waals surface area contributed by atoms with Crippen molar-refractivity contribution in [2.24, 2.45) is 0 Å². The third kappa shape index (κ3) is 4.76. The number of H-pyrrole nitrogens is 1. The summed E-state index contributed by atoms with van der Waals surface area (Å²) in [7, 11) is 3.13. The second-order valence-electron chi connectivity index (χ2n) is 7.18. The zero-order valence-corrected chi connectivity index (χ0v) is 18.8. The standard InChI is InChI=1S/C26H21ClN2O4/c1-32-24-13-7-17(14-25(24)33-2)6-12-23(30)19-4-3-5-21(15-19)29-22(16-28-26(29)31)18-8-10-20(27)11-9-18/h3-16H,1-2H3,(H,28,31). The fourth-order valence-corrected chi connectivity index (χ4v) is 3.61. The highest BCUT2D eigenvalue weighted by molar-refractivity contribution is 6.30. The van der Waals surface area contributed by atoms with Crippen LogP contribution in [0.15, 0.2) is 83.8 Å².